The van der Waals surface area contributed by atoms with Crippen LogP contribution in [0.3, 0.4) is 0 Å². The number of benzene rings is 3. The second-order valence-electron chi connectivity index (χ2n) is 9.12. The molecule has 0 bridgehead atoms. The van der Waals surface area contributed by atoms with Gasteiger partial charge in [0.25, 0.3) is 5.91 Å². The molecule has 4 aromatic rings. The molecule has 0 spiro atoms. The molecule has 2 amide bonds. The molecule has 0 saturated carbocycles. The standard InChI is InChI=1S/C29H28N4O2S/c1-29(28(35)30-18-21-9-5-3-6-10-21)20-33-26(17-25(31-33)23-11-7-4-8-12-23)27(34)32(29)19-22-13-15-24(36-2)16-14-22/h3-17H,18-20H2,1-2H3,(H,30,35)/t29-/m1/s1. The summed E-state index contributed by atoms with van der Waals surface area (Å²) in [6.07, 6.45) is 2.03. The lowest BCUT2D eigenvalue weighted by atomic mass is 9.94. The Bertz CT molecular complexity index is 1370. The molecular formula is C29H28N4O2S. The average Bonchev–Trinajstić information content (AvgIpc) is 3.35. The zero-order valence-electron chi connectivity index (χ0n) is 20.3. The zero-order valence-corrected chi connectivity index (χ0v) is 21.2. The van der Waals surface area contributed by atoms with Crippen LogP contribution in [0.15, 0.2) is 95.9 Å². The number of aromatic nitrogens is 2. The molecule has 1 aliphatic heterocycles. The topological polar surface area (TPSA) is 67.2 Å². The van der Waals surface area contributed by atoms with Crippen molar-refractivity contribution in [2.75, 3.05) is 6.26 Å². The highest BCUT2D eigenvalue weighted by atomic mass is 32.2. The number of thioether (sulfide) groups is 1. The van der Waals surface area contributed by atoms with E-state index in [1.807, 2.05) is 104 Å². The van der Waals surface area contributed by atoms with E-state index in [0.29, 0.717) is 18.8 Å². The molecule has 2 heterocycles. The van der Waals surface area contributed by atoms with Gasteiger partial charge in [-0.2, -0.15) is 5.10 Å². The fraction of sp³-hybridized carbons (Fsp3) is 0.207. The van der Waals surface area contributed by atoms with Crippen molar-refractivity contribution in [1.29, 1.82) is 0 Å². The van der Waals surface area contributed by atoms with Gasteiger partial charge in [-0.05, 0) is 42.5 Å². The monoisotopic (exact) mass is 496 g/mol. The molecule has 1 aliphatic rings. The van der Waals surface area contributed by atoms with Crippen LogP contribution in [-0.2, 0) is 24.4 Å². The Morgan fingerprint density at radius 3 is 2.31 bits per heavy atom. The number of carbonyl (C=O) groups is 2. The number of amides is 2. The van der Waals surface area contributed by atoms with Crippen molar-refractivity contribution in [3.05, 3.63) is 108 Å². The summed E-state index contributed by atoms with van der Waals surface area (Å²) in [7, 11) is 0. The van der Waals surface area contributed by atoms with Gasteiger partial charge < -0.3 is 10.2 Å². The summed E-state index contributed by atoms with van der Waals surface area (Å²) in [5, 5.41) is 7.77. The third-order valence-corrected chi connectivity index (χ3v) is 7.40. The molecule has 182 valence electrons. The highest BCUT2D eigenvalue weighted by molar-refractivity contribution is 7.98. The summed E-state index contributed by atoms with van der Waals surface area (Å²) in [5.74, 6) is -0.412. The molecule has 7 heteroatoms. The first kappa shape index (κ1) is 23.9. The minimum atomic E-state index is -1.11. The molecule has 1 N–H and O–H groups in total. The van der Waals surface area contributed by atoms with E-state index in [4.69, 9.17) is 5.10 Å². The summed E-state index contributed by atoms with van der Waals surface area (Å²) >= 11 is 1.67. The smallest absolute Gasteiger partial charge is 0.273 e. The van der Waals surface area contributed by atoms with Gasteiger partial charge in [0.1, 0.15) is 11.2 Å². The first-order chi connectivity index (χ1) is 17.5. The number of nitrogens with one attached hydrogen (secondary N) is 1. The minimum absolute atomic E-state index is 0.206. The van der Waals surface area contributed by atoms with Gasteiger partial charge in [-0.15, -0.1) is 11.8 Å². The molecule has 0 radical (unpaired) electrons. The summed E-state index contributed by atoms with van der Waals surface area (Å²) < 4.78 is 1.68. The number of carbonyl (C=O) groups excluding carboxylic acids is 2. The van der Waals surface area contributed by atoms with E-state index in [-0.39, 0.29) is 18.4 Å². The second-order valence-corrected chi connectivity index (χ2v) is 10.00. The lowest BCUT2D eigenvalue weighted by molar-refractivity contribution is -0.133. The van der Waals surface area contributed by atoms with E-state index in [2.05, 4.69) is 5.32 Å². The van der Waals surface area contributed by atoms with Crippen molar-refractivity contribution in [1.82, 2.24) is 20.0 Å². The largest absolute Gasteiger partial charge is 0.350 e. The van der Waals surface area contributed by atoms with Gasteiger partial charge >= 0.3 is 0 Å². The maximum atomic E-state index is 13.9. The van der Waals surface area contributed by atoms with Gasteiger partial charge in [0.15, 0.2) is 0 Å². The Morgan fingerprint density at radius 2 is 1.64 bits per heavy atom. The number of hydrogen-bond donors (Lipinski definition) is 1. The van der Waals surface area contributed by atoms with Crippen molar-refractivity contribution in [2.45, 2.75) is 37.0 Å². The highest BCUT2D eigenvalue weighted by Gasteiger charge is 2.48. The highest BCUT2D eigenvalue weighted by Crippen LogP contribution is 2.32. The maximum Gasteiger partial charge on any atom is 0.273 e. The van der Waals surface area contributed by atoms with Crippen LogP contribution in [0.4, 0.5) is 0 Å². The van der Waals surface area contributed by atoms with Crippen LogP contribution >= 0.6 is 11.8 Å². The second kappa shape index (κ2) is 10.0. The lowest BCUT2D eigenvalue weighted by Gasteiger charge is -2.43. The number of hydrogen-bond acceptors (Lipinski definition) is 4. The molecule has 5 rings (SSSR count). The normalized spacial score (nSPS) is 17.1. The average molecular weight is 497 g/mol. The van der Waals surface area contributed by atoms with E-state index < -0.39 is 5.54 Å². The Labute approximate surface area is 215 Å². The van der Waals surface area contributed by atoms with Crippen LogP contribution in [0.25, 0.3) is 11.3 Å². The van der Waals surface area contributed by atoms with Crippen molar-refractivity contribution < 1.29 is 9.59 Å². The van der Waals surface area contributed by atoms with E-state index >= 15 is 0 Å². The van der Waals surface area contributed by atoms with Crippen molar-refractivity contribution in [2.24, 2.45) is 0 Å². The Morgan fingerprint density at radius 1 is 0.972 bits per heavy atom. The quantitative estimate of drug-likeness (QED) is 0.366. The zero-order chi connectivity index (χ0) is 25.1. The van der Waals surface area contributed by atoms with Crippen LogP contribution in [0.5, 0.6) is 0 Å². The maximum absolute atomic E-state index is 13.9. The molecule has 0 saturated heterocycles. The van der Waals surface area contributed by atoms with Gasteiger partial charge in [-0.1, -0.05) is 72.8 Å². The van der Waals surface area contributed by atoms with Gasteiger partial charge in [0, 0.05) is 23.5 Å². The number of nitrogens with zero attached hydrogens (tertiary/aromatic N) is 3. The van der Waals surface area contributed by atoms with Crippen LogP contribution in [-0.4, -0.2) is 38.3 Å². The van der Waals surface area contributed by atoms with Crippen LogP contribution in [0.1, 0.15) is 28.5 Å². The summed E-state index contributed by atoms with van der Waals surface area (Å²) in [5.41, 5.74) is 3.00. The van der Waals surface area contributed by atoms with Gasteiger partial charge in [-0.3, -0.25) is 14.3 Å². The van der Waals surface area contributed by atoms with Crippen molar-refractivity contribution >= 4 is 23.6 Å². The molecular weight excluding hydrogens is 468 g/mol. The predicted octanol–water partition coefficient (Wildman–Crippen LogP) is 5.00. The Balaban J connectivity index is 1.49. The van der Waals surface area contributed by atoms with Gasteiger partial charge in [-0.25, -0.2) is 0 Å². The van der Waals surface area contributed by atoms with Crippen LogP contribution in [0.2, 0.25) is 0 Å². The molecule has 36 heavy (non-hydrogen) atoms. The first-order valence-corrected chi connectivity index (χ1v) is 13.1. The number of fused-ring (bicyclic) bond motifs is 1. The fourth-order valence-electron chi connectivity index (χ4n) is 4.52. The van der Waals surface area contributed by atoms with E-state index in [1.165, 1.54) is 0 Å². The fourth-order valence-corrected chi connectivity index (χ4v) is 4.93. The molecule has 1 atom stereocenters. The third kappa shape index (κ3) is 4.66. The SMILES string of the molecule is CSc1ccc(CN2C(=O)c3cc(-c4ccccc4)nn3C[C@]2(C)C(=O)NCc2ccccc2)cc1. The van der Waals surface area contributed by atoms with Crippen molar-refractivity contribution in [3.63, 3.8) is 0 Å². The molecule has 0 fully saturated rings. The minimum Gasteiger partial charge on any atom is -0.350 e. The number of rotatable bonds is 7. The summed E-state index contributed by atoms with van der Waals surface area (Å²) in [6.45, 7) is 2.81. The van der Waals surface area contributed by atoms with E-state index in [9.17, 15) is 9.59 Å². The van der Waals surface area contributed by atoms with Crippen LogP contribution < -0.4 is 5.32 Å². The summed E-state index contributed by atoms with van der Waals surface area (Å²) in [6, 6.07) is 29.5. The molecule has 1 aromatic heterocycles. The Kier molecular flexibility index (Phi) is 6.65. The van der Waals surface area contributed by atoms with E-state index in [1.54, 1.807) is 21.3 Å². The van der Waals surface area contributed by atoms with Crippen LogP contribution in [0, 0.1) is 0 Å². The van der Waals surface area contributed by atoms with Gasteiger partial charge in [0.05, 0.1) is 12.2 Å². The lowest BCUT2D eigenvalue weighted by Crippen LogP contribution is -2.63. The molecule has 0 unspecified atom stereocenters. The summed E-state index contributed by atoms with van der Waals surface area (Å²) in [4.78, 5) is 30.4. The third-order valence-electron chi connectivity index (χ3n) is 6.65. The Hall–Kier alpha value is -3.84. The molecule has 6 nitrogen and oxygen atoms in total. The van der Waals surface area contributed by atoms with Crippen molar-refractivity contribution in [3.8, 4) is 11.3 Å². The van der Waals surface area contributed by atoms with E-state index in [0.717, 1.165) is 27.3 Å². The van der Waals surface area contributed by atoms with Gasteiger partial charge in [0.2, 0.25) is 5.91 Å². The molecule has 0 aliphatic carbocycles. The predicted molar refractivity (Wildman–Crippen MR) is 142 cm³/mol. The molecule has 3 aromatic carbocycles. The first-order valence-electron chi connectivity index (χ1n) is 11.9.